The quantitative estimate of drug-likeness (QED) is 0.0612. The number of methoxy groups -OCH3 is 1. The van der Waals surface area contributed by atoms with Gasteiger partial charge in [0.2, 0.25) is 0 Å². The molecule has 1 aliphatic heterocycles. The highest BCUT2D eigenvalue weighted by molar-refractivity contribution is 7.98. The topological polar surface area (TPSA) is 99.9 Å². The number of thioether (sulfide) groups is 1. The number of hydrazone groups is 1. The lowest BCUT2D eigenvalue weighted by Gasteiger charge is -2.14. The van der Waals surface area contributed by atoms with Crippen LogP contribution >= 0.6 is 23.4 Å². The molecule has 2 aromatic heterocycles. The average Bonchev–Trinajstić information content (AvgIpc) is 3.77. The molecule has 0 atom stereocenters. The van der Waals surface area contributed by atoms with Crippen molar-refractivity contribution in [1.29, 1.82) is 0 Å². The molecule has 0 amide bonds. The molecule has 1 saturated heterocycles. The Morgan fingerprint density at radius 3 is 2.73 bits per heavy atom. The number of aromatic nitrogens is 3. The highest BCUT2D eigenvalue weighted by Gasteiger charge is 2.25. The van der Waals surface area contributed by atoms with Gasteiger partial charge in [0.15, 0.2) is 0 Å². The number of rotatable bonds is 12. The first kappa shape index (κ1) is 34.5. The number of esters is 1. The van der Waals surface area contributed by atoms with Crippen molar-refractivity contribution in [1.82, 2.24) is 19.4 Å². The molecule has 3 aromatic carbocycles. The van der Waals surface area contributed by atoms with Crippen molar-refractivity contribution in [2.75, 3.05) is 20.3 Å². The Labute approximate surface area is 294 Å². The Balaban J connectivity index is 1.26. The number of nitrogens with zero attached hydrogens (tertiary/aromatic N) is 5. The summed E-state index contributed by atoms with van der Waals surface area (Å²) in [4.78, 5) is 14.1. The van der Waals surface area contributed by atoms with Gasteiger partial charge in [-0.05, 0) is 92.1 Å². The molecule has 1 fully saturated rings. The van der Waals surface area contributed by atoms with Crippen molar-refractivity contribution in [3.8, 4) is 5.75 Å². The number of ether oxygens (including phenoxy) is 2. The molecule has 12 heteroatoms. The minimum absolute atomic E-state index is 0.306. The molecule has 5 aromatic rings. The number of hydrogen-bond acceptors (Lipinski definition) is 8. The van der Waals surface area contributed by atoms with Crippen LogP contribution in [0.1, 0.15) is 59.2 Å². The van der Waals surface area contributed by atoms with Gasteiger partial charge in [-0.3, -0.25) is 9.69 Å². The van der Waals surface area contributed by atoms with Gasteiger partial charge >= 0.3 is 5.97 Å². The highest BCUT2D eigenvalue weighted by Crippen LogP contribution is 2.37. The first-order valence-corrected chi connectivity index (χ1v) is 17.6. The van der Waals surface area contributed by atoms with Gasteiger partial charge in [-0.1, -0.05) is 17.7 Å². The molecule has 0 unspecified atom stereocenters. The van der Waals surface area contributed by atoms with Gasteiger partial charge in [0.05, 0.1) is 24.9 Å². The van der Waals surface area contributed by atoms with E-state index in [1.807, 2.05) is 65.6 Å². The molecule has 6 rings (SSSR count). The Morgan fingerprint density at radius 2 is 1.98 bits per heavy atom. The second-order valence-corrected chi connectivity index (χ2v) is 13.4. The van der Waals surface area contributed by atoms with Crippen LogP contribution in [-0.4, -0.2) is 51.8 Å². The fourth-order valence-electron chi connectivity index (χ4n) is 6.52. The third-order valence-electron chi connectivity index (χ3n) is 8.83. The summed E-state index contributed by atoms with van der Waals surface area (Å²) in [5.74, 6) is 0.635. The van der Waals surface area contributed by atoms with Crippen molar-refractivity contribution in [3.63, 3.8) is 0 Å². The Kier molecular flexibility index (Phi) is 10.6. The summed E-state index contributed by atoms with van der Waals surface area (Å²) in [6, 6.07) is 14.6. The predicted octanol–water partition coefficient (Wildman–Crippen LogP) is 7.85. The van der Waals surface area contributed by atoms with E-state index in [1.54, 1.807) is 24.0 Å². The van der Waals surface area contributed by atoms with Crippen LogP contribution in [0.2, 0.25) is 5.02 Å². The maximum Gasteiger partial charge on any atom is 0.354 e. The lowest BCUT2D eigenvalue weighted by molar-refractivity contribution is 0.0589. The monoisotopic (exact) mass is 702 g/mol. The van der Waals surface area contributed by atoms with Gasteiger partial charge in [0.1, 0.15) is 17.3 Å². The molecular formula is C37H40ClFN6O3S. The summed E-state index contributed by atoms with van der Waals surface area (Å²) >= 11 is 8.43. The smallest absolute Gasteiger partial charge is 0.354 e. The molecule has 2 N–H and O–H groups in total. The number of carbonyl (C=O) groups is 1. The van der Waals surface area contributed by atoms with Crippen molar-refractivity contribution < 1.29 is 18.7 Å². The van der Waals surface area contributed by atoms with Crippen molar-refractivity contribution in [2.24, 2.45) is 24.9 Å². The van der Waals surface area contributed by atoms with Crippen molar-refractivity contribution in [3.05, 3.63) is 93.3 Å². The van der Waals surface area contributed by atoms with Crippen LogP contribution in [0.3, 0.4) is 0 Å². The average molecular weight is 703 g/mol. The fourth-order valence-corrected chi connectivity index (χ4v) is 7.71. The molecule has 49 heavy (non-hydrogen) atoms. The Bertz CT molecular complexity index is 2090. The summed E-state index contributed by atoms with van der Waals surface area (Å²) in [5.41, 5.74) is 11.8. The predicted molar refractivity (Wildman–Crippen MR) is 196 cm³/mol. The van der Waals surface area contributed by atoms with E-state index < -0.39 is 5.97 Å². The first-order chi connectivity index (χ1) is 23.7. The maximum atomic E-state index is 14.3. The summed E-state index contributed by atoms with van der Waals surface area (Å²) in [7, 11) is 5.17. The number of allylic oxidation sites excluding steroid dienone is 1. The summed E-state index contributed by atoms with van der Waals surface area (Å²) in [5, 5.41) is 14.1. The molecule has 0 radical (unpaired) electrons. The van der Waals surface area contributed by atoms with Crippen LogP contribution in [0.15, 0.2) is 64.2 Å². The first-order valence-electron chi connectivity index (χ1n) is 16.3. The zero-order chi connectivity index (χ0) is 34.7. The molecule has 0 aliphatic carbocycles. The molecule has 0 spiro atoms. The molecular weight excluding hydrogens is 663 g/mol. The SMILES string of the molecule is C/C=N/N1CCC/C1=C\c1c(Cl)ccc2c(CCCOc3cc(SCc4cc(CN)nn4C)cc4cc(F)ccc34)c(C(=O)OC)n(C)c12. The summed E-state index contributed by atoms with van der Waals surface area (Å²) in [6.07, 6.45) is 6.96. The van der Waals surface area contributed by atoms with E-state index in [4.69, 9.17) is 26.8 Å². The van der Waals surface area contributed by atoms with Crippen molar-refractivity contribution in [2.45, 2.75) is 49.8 Å². The minimum atomic E-state index is -0.410. The number of nitrogens with two attached hydrogens (primary N) is 1. The number of halogens is 2. The van der Waals surface area contributed by atoms with Crippen LogP contribution in [0.4, 0.5) is 4.39 Å². The maximum absolute atomic E-state index is 14.3. The number of hydrogen-bond donors (Lipinski definition) is 1. The third kappa shape index (κ3) is 7.20. The van der Waals surface area contributed by atoms with Crippen LogP contribution in [-0.2, 0) is 37.6 Å². The molecule has 0 saturated carbocycles. The normalized spacial score (nSPS) is 14.3. The van der Waals surface area contributed by atoms with Crippen LogP contribution in [0, 0.1) is 5.82 Å². The van der Waals surface area contributed by atoms with E-state index in [0.29, 0.717) is 48.2 Å². The third-order valence-corrected chi connectivity index (χ3v) is 10.2. The number of aryl methyl sites for hydroxylation is 3. The lowest BCUT2D eigenvalue weighted by Crippen LogP contribution is -2.11. The van der Waals surface area contributed by atoms with Crippen molar-refractivity contribution >= 4 is 63.3 Å². The molecule has 0 bridgehead atoms. The molecule has 9 nitrogen and oxygen atoms in total. The minimum Gasteiger partial charge on any atom is -0.493 e. The van der Waals surface area contributed by atoms with Crippen LogP contribution < -0.4 is 10.5 Å². The fraction of sp³-hybridized carbons (Fsp3) is 0.324. The highest BCUT2D eigenvalue weighted by atomic mass is 35.5. The molecule has 256 valence electrons. The van der Waals surface area contributed by atoms with E-state index in [9.17, 15) is 9.18 Å². The van der Waals surface area contributed by atoms with E-state index in [-0.39, 0.29) is 5.82 Å². The van der Waals surface area contributed by atoms with E-state index in [2.05, 4.69) is 16.3 Å². The lowest BCUT2D eigenvalue weighted by atomic mass is 10.0. The van der Waals surface area contributed by atoms with Gasteiger partial charge in [-0.15, -0.1) is 11.8 Å². The van der Waals surface area contributed by atoms with Crippen LogP contribution in [0.5, 0.6) is 5.75 Å². The number of carbonyl (C=O) groups excluding carboxylic acids is 1. The second kappa shape index (κ2) is 15.1. The van der Waals surface area contributed by atoms with Gasteiger partial charge < -0.3 is 19.8 Å². The van der Waals surface area contributed by atoms with E-state index in [1.165, 1.54) is 19.2 Å². The Hall–Kier alpha value is -4.32. The van der Waals surface area contributed by atoms with Gasteiger partial charge in [0.25, 0.3) is 0 Å². The van der Waals surface area contributed by atoms with Crippen LogP contribution in [0.25, 0.3) is 27.8 Å². The zero-order valence-electron chi connectivity index (χ0n) is 28.1. The molecule has 3 heterocycles. The summed E-state index contributed by atoms with van der Waals surface area (Å²) < 4.78 is 29.6. The van der Waals surface area contributed by atoms with Gasteiger partial charge in [-0.2, -0.15) is 10.2 Å². The van der Waals surface area contributed by atoms with E-state index in [0.717, 1.165) is 74.2 Å². The largest absolute Gasteiger partial charge is 0.493 e. The molecule has 1 aliphatic rings. The number of fused-ring (bicyclic) bond motifs is 2. The van der Waals surface area contributed by atoms with E-state index >= 15 is 0 Å². The Morgan fingerprint density at radius 1 is 1.16 bits per heavy atom. The standard InChI is InChI=1S/C37H40ClFN6O3S/c1-5-41-45-14-6-8-26(45)19-32-33(38)13-12-31-30(36(37(46)47-4)43(2)35(31)32)9-7-15-48-34-20-28(17-23-16-24(39)10-11-29(23)34)49-22-27-18-25(21-40)42-44(27)3/h5,10-13,16-20H,6-9,14-15,21-22,40H2,1-4H3/b26-19+,41-5+. The second-order valence-electron chi connectivity index (χ2n) is 12.0. The number of benzene rings is 3. The summed E-state index contributed by atoms with van der Waals surface area (Å²) in [6.45, 7) is 3.51. The van der Waals surface area contributed by atoms with Gasteiger partial charge in [0, 0.05) is 76.8 Å². The van der Waals surface area contributed by atoms with Gasteiger partial charge in [-0.25, -0.2) is 9.18 Å². The zero-order valence-corrected chi connectivity index (χ0v) is 29.7.